The van der Waals surface area contributed by atoms with Crippen LogP contribution in [0.4, 0.5) is 0 Å². The van der Waals surface area contributed by atoms with E-state index < -0.39 is 0 Å². The van der Waals surface area contributed by atoms with Crippen LogP contribution in [-0.2, 0) is 4.74 Å². The third-order valence-corrected chi connectivity index (χ3v) is 2.44. The second-order valence-electron chi connectivity index (χ2n) is 5.00. The molecule has 0 aliphatic carbocycles. The summed E-state index contributed by atoms with van der Waals surface area (Å²) in [7, 11) is 0. The second-order valence-corrected chi connectivity index (χ2v) is 5.00. The molecule has 0 radical (unpaired) electrons. The van der Waals surface area contributed by atoms with Crippen molar-refractivity contribution in [2.24, 2.45) is 0 Å². The average Bonchev–Trinajstić information content (AvgIpc) is 2.02. The van der Waals surface area contributed by atoms with E-state index in [1.807, 2.05) is 6.92 Å². The van der Waals surface area contributed by atoms with Crippen LogP contribution in [0.2, 0.25) is 0 Å². The first-order chi connectivity index (χ1) is 6.38. The number of likely N-dealkylation sites (tertiary alicyclic amines) is 1. The average molecular weight is 198 g/mol. The number of nitrogens with one attached hydrogen (secondary N) is 1. The zero-order valence-corrected chi connectivity index (χ0v) is 9.76. The Morgan fingerprint density at radius 3 is 2.14 bits per heavy atom. The van der Waals surface area contributed by atoms with Crippen molar-refractivity contribution >= 4 is 5.84 Å². The maximum atomic E-state index is 7.52. The summed E-state index contributed by atoms with van der Waals surface area (Å²) in [6, 6.07) is 0. The standard InChI is InChI=1S/C11H22N2O/c1-9(12)13-7-5-10(6-8-13)14-11(2,3)4/h10,12H,5-8H2,1-4H3. The number of rotatable bonds is 1. The summed E-state index contributed by atoms with van der Waals surface area (Å²) >= 11 is 0. The molecule has 0 aromatic carbocycles. The van der Waals surface area contributed by atoms with Crippen molar-refractivity contribution in [2.75, 3.05) is 13.1 Å². The van der Waals surface area contributed by atoms with E-state index in [1.165, 1.54) is 0 Å². The first-order valence-electron chi connectivity index (χ1n) is 5.36. The van der Waals surface area contributed by atoms with Crippen LogP contribution in [0.25, 0.3) is 0 Å². The van der Waals surface area contributed by atoms with Crippen LogP contribution in [0.1, 0.15) is 40.5 Å². The third-order valence-electron chi connectivity index (χ3n) is 2.44. The van der Waals surface area contributed by atoms with Crippen molar-refractivity contribution in [1.82, 2.24) is 4.90 Å². The monoisotopic (exact) mass is 198 g/mol. The van der Waals surface area contributed by atoms with Gasteiger partial charge >= 0.3 is 0 Å². The Bertz CT molecular complexity index is 200. The molecule has 0 spiro atoms. The fraction of sp³-hybridized carbons (Fsp3) is 0.909. The largest absolute Gasteiger partial charge is 0.372 e. The van der Waals surface area contributed by atoms with Gasteiger partial charge in [0.15, 0.2) is 0 Å². The number of ether oxygens (including phenoxy) is 1. The molecule has 3 heteroatoms. The molecule has 1 saturated heterocycles. The van der Waals surface area contributed by atoms with Gasteiger partial charge in [0.05, 0.1) is 17.5 Å². The minimum Gasteiger partial charge on any atom is -0.372 e. The molecule has 0 saturated carbocycles. The normalized spacial score (nSPS) is 19.9. The zero-order chi connectivity index (χ0) is 10.8. The van der Waals surface area contributed by atoms with Gasteiger partial charge < -0.3 is 9.64 Å². The Morgan fingerprint density at radius 1 is 1.29 bits per heavy atom. The van der Waals surface area contributed by atoms with Crippen molar-refractivity contribution in [3.63, 3.8) is 0 Å². The Balaban J connectivity index is 2.33. The molecule has 3 nitrogen and oxygen atoms in total. The lowest BCUT2D eigenvalue weighted by atomic mass is 10.1. The van der Waals surface area contributed by atoms with Crippen LogP contribution in [0.15, 0.2) is 0 Å². The highest BCUT2D eigenvalue weighted by Gasteiger charge is 2.24. The lowest BCUT2D eigenvalue weighted by Gasteiger charge is -2.35. The van der Waals surface area contributed by atoms with Crippen LogP contribution in [0.5, 0.6) is 0 Å². The predicted molar refractivity (Wildman–Crippen MR) is 58.8 cm³/mol. The minimum atomic E-state index is -0.0352. The summed E-state index contributed by atoms with van der Waals surface area (Å²) in [5.74, 6) is 0.680. The van der Waals surface area contributed by atoms with Gasteiger partial charge in [-0.15, -0.1) is 0 Å². The molecule has 82 valence electrons. The fourth-order valence-corrected chi connectivity index (χ4v) is 1.81. The van der Waals surface area contributed by atoms with Crippen molar-refractivity contribution < 1.29 is 4.74 Å². The summed E-state index contributed by atoms with van der Waals surface area (Å²) in [6.45, 7) is 10.1. The molecule has 0 aromatic rings. The smallest absolute Gasteiger partial charge is 0.0925 e. The molecule has 0 aromatic heterocycles. The molecular weight excluding hydrogens is 176 g/mol. The maximum Gasteiger partial charge on any atom is 0.0925 e. The Morgan fingerprint density at radius 2 is 1.79 bits per heavy atom. The lowest BCUT2D eigenvalue weighted by Crippen LogP contribution is -2.41. The van der Waals surface area contributed by atoms with E-state index in [-0.39, 0.29) is 5.60 Å². The molecule has 1 heterocycles. The molecule has 0 unspecified atom stereocenters. The lowest BCUT2D eigenvalue weighted by molar-refractivity contribution is -0.0771. The molecule has 0 bridgehead atoms. The van der Waals surface area contributed by atoms with E-state index in [9.17, 15) is 0 Å². The summed E-state index contributed by atoms with van der Waals surface area (Å²) in [6.07, 6.45) is 2.48. The molecule has 1 N–H and O–H groups in total. The number of nitrogens with zero attached hydrogens (tertiary/aromatic N) is 1. The highest BCUT2D eigenvalue weighted by molar-refractivity contribution is 5.76. The van der Waals surface area contributed by atoms with Gasteiger partial charge in [-0.1, -0.05) is 0 Å². The van der Waals surface area contributed by atoms with Crippen LogP contribution >= 0.6 is 0 Å². The van der Waals surface area contributed by atoms with Crippen LogP contribution in [-0.4, -0.2) is 35.5 Å². The minimum absolute atomic E-state index is 0.0352. The van der Waals surface area contributed by atoms with Gasteiger partial charge in [-0.05, 0) is 40.5 Å². The first kappa shape index (κ1) is 11.5. The quantitative estimate of drug-likeness (QED) is 0.518. The van der Waals surface area contributed by atoms with Crippen molar-refractivity contribution in [1.29, 1.82) is 5.41 Å². The van der Waals surface area contributed by atoms with Gasteiger partial charge in [-0.3, -0.25) is 5.41 Å². The maximum absolute atomic E-state index is 7.52. The van der Waals surface area contributed by atoms with Crippen LogP contribution in [0, 0.1) is 5.41 Å². The van der Waals surface area contributed by atoms with Gasteiger partial charge in [-0.2, -0.15) is 0 Å². The van der Waals surface area contributed by atoms with E-state index in [4.69, 9.17) is 10.1 Å². The van der Waals surface area contributed by atoms with E-state index in [1.54, 1.807) is 0 Å². The van der Waals surface area contributed by atoms with Gasteiger partial charge in [0.1, 0.15) is 0 Å². The molecule has 14 heavy (non-hydrogen) atoms. The first-order valence-corrected chi connectivity index (χ1v) is 5.36. The molecule has 0 amide bonds. The number of amidine groups is 1. The Hall–Kier alpha value is -0.570. The van der Waals surface area contributed by atoms with Gasteiger partial charge in [0.25, 0.3) is 0 Å². The van der Waals surface area contributed by atoms with Crippen molar-refractivity contribution in [3.8, 4) is 0 Å². The van der Waals surface area contributed by atoms with Gasteiger partial charge in [0, 0.05) is 13.1 Å². The topological polar surface area (TPSA) is 36.3 Å². The molecule has 1 aliphatic rings. The summed E-state index contributed by atoms with van der Waals surface area (Å²) in [4.78, 5) is 2.11. The van der Waals surface area contributed by atoms with Gasteiger partial charge in [-0.25, -0.2) is 0 Å². The highest BCUT2D eigenvalue weighted by atomic mass is 16.5. The number of hydrogen-bond acceptors (Lipinski definition) is 2. The summed E-state index contributed by atoms with van der Waals surface area (Å²) < 4.78 is 5.91. The Labute approximate surface area is 86.9 Å². The molecular formula is C11H22N2O. The number of piperidine rings is 1. The molecule has 0 atom stereocenters. The van der Waals surface area contributed by atoms with E-state index in [2.05, 4.69) is 25.7 Å². The van der Waals surface area contributed by atoms with E-state index in [0.717, 1.165) is 25.9 Å². The van der Waals surface area contributed by atoms with Crippen LogP contribution < -0.4 is 0 Å². The predicted octanol–water partition coefficient (Wildman–Crippen LogP) is 2.26. The van der Waals surface area contributed by atoms with Gasteiger partial charge in [0.2, 0.25) is 0 Å². The fourth-order valence-electron chi connectivity index (χ4n) is 1.81. The summed E-state index contributed by atoms with van der Waals surface area (Å²) in [5, 5.41) is 7.52. The second kappa shape index (κ2) is 4.30. The van der Waals surface area contributed by atoms with Crippen molar-refractivity contribution in [2.45, 2.75) is 52.2 Å². The molecule has 1 rings (SSSR count). The Kier molecular flexibility index (Phi) is 3.53. The van der Waals surface area contributed by atoms with Crippen molar-refractivity contribution in [3.05, 3.63) is 0 Å². The van der Waals surface area contributed by atoms with Crippen LogP contribution in [0.3, 0.4) is 0 Å². The zero-order valence-electron chi connectivity index (χ0n) is 9.76. The number of hydrogen-bond donors (Lipinski definition) is 1. The molecule has 1 aliphatic heterocycles. The summed E-state index contributed by atoms with van der Waals surface area (Å²) in [5.41, 5.74) is -0.0352. The highest BCUT2D eigenvalue weighted by Crippen LogP contribution is 2.19. The van der Waals surface area contributed by atoms with E-state index >= 15 is 0 Å². The SMILES string of the molecule is CC(=N)N1CCC(OC(C)(C)C)CC1. The molecule has 1 fully saturated rings. The third kappa shape index (κ3) is 3.66. The van der Waals surface area contributed by atoms with E-state index in [0.29, 0.717) is 11.9 Å².